The van der Waals surface area contributed by atoms with Gasteiger partial charge in [-0.05, 0) is 6.07 Å². The molecule has 0 aliphatic rings. The third-order valence-corrected chi connectivity index (χ3v) is 1.89. The maximum Gasteiger partial charge on any atom is 0.340 e. The summed E-state index contributed by atoms with van der Waals surface area (Å²) < 4.78 is 53.3. The zero-order chi connectivity index (χ0) is 13.1. The van der Waals surface area contributed by atoms with E-state index >= 15 is 0 Å². The topological polar surface area (TPSA) is 61.0 Å². The Morgan fingerprint density at radius 2 is 2.18 bits per heavy atom. The fourth-order valence-electron chi connectivity index (χ4n) is 0.841. The van der Waals surface area contributed by atoms with Crippen LogP contribution in [0.3, 0.4) is 0 Å². The summed E-state index contributed by atoms with van der Waals surface area (Å²) in [6.07, 6.45) is -2.61. The normalized spacial score (nSPS) is 11.6. The monoisotopic (exact) mass is 269 g/mol. The van der Waals surface area contributed by atoms with Gasteiger partial charge in [0.05, 0.1) is 11.8 Å². The summed E-state index contributed by atoms with van der Waals surface area (Å²) in [5.74, 6) is -4.68. The Kier molecular flexibility index (Phi) is 4.16. The lowest BCUT2D eigenvalue weighted by Crippen LogP contribution is -2.34. The number of nitrogens with two attached hydrogens (primary N) is 1. The lowest BCUT2D eigenvalue weighted by atomic mass is 10.3. The van der Waals surface area contributed by atoms with Gasteiger partial charge in [0.2, 0.25) is 5.88 Å². The van der Waals surface area contributed by atoms with Crippen LogP contribution in [0.2, 0.25) is 0 Å². The molecule has 0 radical (unpaired) electrons. The van der Waals surface area contributed by atoms with E-state index in [1.54, 1.807) is 0 Å². The van der Waals surface area contributed by atoms with Gasteiger partial charge in [0.25, 0.3) is 0 Å². The molecule has 0 aromatic carbocycles. The van der Waals surface area contributed by atoms with Crippen molar-refractivity contribution in [2.45, 2.75) is 12.3 Å². The fraction of sp³-hybridized carbons (Fsp3) is 0.375. The molecule has 0 unspecified atom stereocenters. The summed E-state index contributed by atoms with van der Waals surface area (Å²) >= 11 is 4.60. The van der Waals surface area contributed by atoms with Gasteiger partial charge in [-0.15, -0.1) is 5.10 Å². The summed E-state index contributed by atoms with van der Waals surface area (Å²) in [5.41, 5.74) is 5.32. The number of hydrogen-bond donors (Lipinski definition) is 1. The van der Waals surface area contributed by atoms with E-state index < -0.39 is 24.8 Å². The van der Waals surface area contributed by atoms with Crippen LogP contribution in [0.4, 0.5) is 17.6 Å². The van der Waals surface area contributed by atoms with E-state index in [0.717, 1.165) is 0 Å². The second kappa shape index (κ2) is 5.21. The van der Waals surface area contributed by atoms with Crippen molar-refractivity contribution in [1.82, 2.24) is 10.2 Å². The average Bonchev–Trinajstić information content (AvgIpc) is 2.26. The van der Waals surface area contributed by atoms with Crippen molar-refractivity contribution in [2.75, 3.05) is 6.61 Å². The second-order valence-corrected chi connectivity index (χ2v) is 3.40. The molecule has 2 N–H and O–H groups in total. The van der Waals surface area contributed by atoms with Crippen molar-refractivity contribution in [3.8, 4) is 5.88 Å². The Hall–Kier alpha value is -1.51. The number of aromatic nitrogens is 2. The molecule has 1 rings (SSSR count). The highest BCUT2D eigenvalue weighted by Crippen LogP contribution is 2.24. The number of rotatable bonds is 5. The van der Waals surface area contributed by atoms with Gasteiger partial charge in [-0.25, -0.2) is 8.78 Å². The molecule has 9 heteroatoms. The molecule has 4 nitrogen and oxygen atoms in total. The van der Waals surface area contributed by atoms with Crippen LogP contribution in [0, 0.1) is 0 Å². The van der Waals surface area contributed by atoms with Gasteiger partial charge in [-0.3, -0.25) is 0 Å². The highest BCUT2D eigenvalue weighted by Gasteiger charge is 2.42. The molecule has 0 aliphatic carbocycles. The van der Waals surface area contributed by atoms with Gasteiger partial charge in [0.15, 0.2) is 6.61 Å². The summed E-state index contributed by atoms with van der Waals surface area (Å²) in [5, 5.41) is 6.70. The summed E-state index contributed by atoms with van der Waals surface area (Å²) in [6.45, 7) is -1.53. The maximum absolute atomic E-state index is 12.6. The maximum atomic E-state index is 12.6. The molecule has 0 fully saturated rings. The second-order valence-electron chi connectivity index (χ2n) is 2.96. The smallest absolute Gasteiger partial charge is 0.340 e. The first-order chi connectivity index (χ1) is 7.84. The molecule has 0 bridgehead atoms. The average molecular weight is 269 g/mol. The van der Waals surface area contributed by atoms with E-state index in [4.69, 9.17) is 5.73 Å². The van der Waals surface area contributed by atoms with Crippen LogP contribution >= 0.6 is 12.2 Å². The first kappa shape index (κ1) is 13.6. The third-order valence-electron chi connectivity index (χ3n) is 1.67. The molecule has 0 aliphatic heterocycles. The molecule has 1 aromatic rings. The minimum absolute atomic E-state index is 0.0556. The van der Waals surface area contributed by atoms with Crippen molar-refractivity contribution in [1.29, 1.82) is 0 Å². The number of thiocarbonyl (C=S) groups is 1. The number of ether oxygens (including phenoxy) is 1. The first-order valence-corrected chi connectivity index (χ1v) is 4.65. The van der Waals surface area contributed by atoms with E-state index in [0.29, 0.717) is 0 Å². The molecule has 0 spiro atoms. The number of alkyl halides is 4. The molecule has 0 amide bonds. The third kappa shape index (κ3) is 3.48. The summed E-state index contributed by atoms with van der Waals surface area (Å²) in [6, 6.07) is 1.28. The lowest BCUT2D eigenvalue weighted by Gasteiger charge is -2.16. The fourth-order valence-corrected chi connectivity index (χ4v) is 0.996. The van der Waals surface area contributed by atoms with Gasteiger partial charge in [-0.1, -0.05) is 12.2 Å². The zero-order valence-corrected chi connectivity index (χ0v) is 9.06. The van der Waals surface area contributed by atoms with Gasteiger partial charge >= 0.3 is 12.3 Å². The molecule has 1 heterocycles. The molecule has 1 aromatic heterocycles. The summed E-state index contributed by atoms with van der Waals surface area (Å²) in [4.78, 5) is -0.157. The molecular weight excluding hydrogens is 262 g/mol. The Labute approximate surface area is 98.8 Å². The van der Waals surface area contributed by atoms with Crippen LogP contribution in [0.25, 0.3) is 0 Å². The van der Waals surface area contributed by atoms with Crippen LogP contribution in [0.15, 0.2) is 12.3 Å². The quantitative estimate of drug-likeness (QED) is 0.646. The molecule has 94 valence electrons. The molecule has 0 atom stereocenters. The first-order valence-electron chi connectivity index (χ1n) is 4.25. The van der Waals surface area contributed by atoms with E-state index in [9.17, 15) is 17.6 Å². The Balaban J connectivity index is 2.79. The minimum Gasteiger partial charge on any atom is -0.469 e. The van der Waals surface area contributed by atoms with Gasteiger partial charge in [0, 0.05) is 0 Å². The van der Waals surface area contributed by atoms with Crippen LogP contribution in [-0.4, -0.2) is 34.1 Å². The highest BCUT2D eigenvalue weighted by atomic mass is 32.1. The Morgan fingerprint density at radius 3 is 2.71 bits per heavy atom. The van der Waals surface area contributed by atoms with E-state index in [-0.39, 0.29) is 10.6 Å². The highest BCUT2D eigenvalue weighted by molar-refractivity contribution is 7.80. The molecule has 0 saturated carbocycles. The van der Waals surface area contributed by atoms with Crippen molar-refractivity contribution < 1.29 is 22.3 Å². The number of nitrogens with zero attached hydrogens (tertiary/aromatic N) is 2. The van der Waals surface area contributed by atoms with Crippen LogP contribution in [0.1, 0.15) is 5.56 Å². The number of halogens is 4. The zero-order valence-electron chi connectivity index (χ0n) is 8.24. The van der Waals surface area contributed by atoms with Crippen molar-refractivity contribution in [3.05, 3.63) is 17.8 Å². The Bertz CT molecular complexity index is 416. The van der Waals surface area contributed by atoms with Crippen molar-refractivity contribution in [2.24, 2.45) is 5.73 Å². The lowest BCUT2D eigenvalue weighted by molar-refractivity contribution is -0.148. The molecule has 17 heavy (non-hydrogen) atoms. The van der Waals surface area contributed by atoms with Crippen LogP contribution < -0.4 is 10.5 Å². The SMILES string of the molecule is NC(=S)c1ccnnc1OCC(F)(F)C(F)F. The Morgan fingerprint density at radius 1 is 1.53 bits per heavy atom. The standard InChI is InChI=1S/C8H7F4N3OS/c9-7(10)8(11,12)3-16-6-4(5(13)17)1-2-14-15-6/h1-2,7H,3H2,(H2,13,17). The van der Waals surface area contributed by atoms with Gasteiger partial charge < -0.3 is 10.5 Å². The predicted octanol–water partition coefficient (Wildman–Crippen LogP) is 1.39. The van der Waals surface area contributed by atoms with E-state index in [1.807, 2.05) is 0 Å². The predicted molar refractivity (Wildman–Crippen MR) is 54.4 cm³/mol. The van der Waals surface area contributed by atoms with E-state index in [1.165, 1.54) is 12.3 Å². The van der Waals surface area contributed by atoms with Crippen molar-refractivity contribution >= 4 is 17.2 Å². The molecule has 0 saturated heterocycles. The minimum atomic E-state index is -4.27. The van der Waals surface area contributed by atoms with Crippen LogP contribution in [0.5, 0.6) is 5.88 Å². The molecular formula is C8H7F4N3OS. The van der Waals surface area contributed by atoms with Gasteiger partial charge in [0.1, 0.15) is 4.99 Å². The van der Waals surface area contributed by atoms with E-state index in [2.05, 4.69) is 27.2 Å². The number of hydrogen-bond acceptors (Lipinski definition) is 4. The van der Waals surface area contributed by atoms with Gasteiger partial charge in [-0.2, -0.15) is 13.9 Å². The largest absolute Gasteiger partial charge is 0.469 e. The van der Waals surface area contributed by atoms with Crippen LogP contribution in [-0.2, 0) is 0 Å². The van der Waals surface area contributed by atoms with Crippen molar-refractivity contribution in [3.63, 3.8) is 0 Å². The summed E-state index contributed by atoms with van der Waals surface area (Å²) in [7, 11) is 0.